The van der Waals surface area contributed by atoms with E-state index in [9.17, 15) is 14.9 Å². The van der Waals surface area contributed by atoms with Gasteiger partial charge in [0.25, 0.3) is 5.69 Å². The van der Waals surface area contributed by atoms with E-state index in [1.165, 1.54) is 30.0 Å². The standard InChI is InChI=1S/C18H15BrN4O3S/c1-2-9-22-16-6-4-3-5-15(16)21-18(22)27-11-17(24)20-14-8-7-12(23(25)26)10-13(14)19/h2-8,10H,1,9,11H2,(H,20,24). The number of non-ortho nitro benzene ring substituents is 1. The molecule has 0 unspecified atom stereocenters. The Morgan fingerprint density at radius 3 is 2.85 bits per heavy atom. The van der Waals surface area contributed by atoms with Gasteiger partial charge < -0.3 is 9.88 Å². The summed E-state index contributed by atoms with van der Waals surface area (Å²) in [6.07, 6.45) is 1.78. The Hall–Kier alpha value is -2.65. The molecule has 138 valence electrons. The molecular formula is C18H15BrN4O3S. The lowest BCUT2D eigenvalue weighted by Gasteiger charge is -2.08. The number of nitro groups is 1. The maximum Gasteiger partial charge on any atom is 0.270 e. The van der Waals surface area contributed by atoms with Crippen LogP contribution in [0.4, 0.5) is 11.4 Å². The topological polar surface area (TPSA) is 90.1 Å². The van der Waals surface area contributed by atoms with Gasteiger partial charge in [-0.15, -0.1) is 6.58 Å². The number of hydrogen-bond donors (Lipinski definition) is 1. The zero-order valence-corrected chi connectivity index (χ0v) is 16.5. The fraction of sp³-hybridized carbons (Fsp3) is 0.111. The van der Waals surface area contributed by atoms with Crippen molar-refractivity contribution < 1.29 is 9.72 Å². The second-order valence-electron chi connectivity index (χ2n) is 5.54. The number of halogens is 1. The molecule has 0 saturated carbocycles. The van der Waals surface area contributed by atoms with Crippen molar-refractivity contribution >= 4 is 56.0 Å². The van der Waals surface area contributed by atoms with Gasteiger partial charge in [-0.05, 0) is 34.1 Å². The molecule has 2 aromatic carbocycles. The lowest BCUT2D eigenvalue weighted by Crippen LogP contribution is -2.15. The number of fused-ring (bicyclic) bond motifs is 1. The molecule has 0 atom stereocenters. The number of rotatable bonds is 7. The second-order valence-corrected chi connectivity index (χ2v) is 7.34. The maximum atomic E-state index is 12.3. The van der Waals surface area contributed by atoms with Gasteiger partial charge in [-0.3, -0.25) is 14.9 Å². The minimum absolute atomic E-state index is 0.0487. The molecule has 0 spiro atoms. The first-order valence-corrected chi connectivity index (χ1v) is 9.70. The molecule has 0 bridgehead atoms. The maximum absolute atomic E-state index is 12.3. The fourth-order valence-electron chi connectivity index (χ4n) is 2.50. The van der Waals surface area contributed by atoms with Gasteiger partial charge in [-0.2, -0.15) is 0 Å². The van der Waals surface area contributed by atoms with Crippen LogP contribution in [0.25, 0.3) is 11.0 Å². The van der Waals surface area contributed by atoms with E-state index in [-0.39, 0.29) is 17.3 Å². The number of benzene rings is 2. The SMILES string of the molecule is C=CCn1c(SCC(=O)Nc2ccc([N+](=O)[O-])cc2Br)nc2ccccc21. The zero-order valence-electron chi connectivity index (χ0n) is 14.1. The molecule has 0 saturated heterocycles. The molecule has 0 aliphatic rings. The van der Waals surface area contributed by atoms with E-state index in [0.717, 1.165) is 16.2 Å². The van der Waals surface area contributed by atoms with Gasteiger partial charge in [0, 0.05) is 23.2 Å². The van der Waals surface area contributed by atoms with E-state index in [1.807, 2.05) is 28.8 Å². The Bertz CT molecular complexity index is 1030. The van der Waals surface area contributed by atoms with Crippen LogP contribution >= 0.6 is 27.7 Å². The quantitative estimate of drug-likeness (QED) is 0.247. The van der Waals surface area contributed by atoms with Gasteiger partial charge in [0.05, 0.1) is 27.4 Å². The molecule has 0 aliphatic carbocycles. The third-order valence-corrected chi connectivity index (χ3v) is 5.33. The lowest BCUT2D eigenvalue weighted by atomic mass is 10.3. The highest BCUT2D eigenvalue weighted by molar-refractivity contribution is 9.10. The highest BCUT2D eigenvalue weighted by Crippen LogP contribution is 2.28. The van der Waals surface area contributed by atoms with E-state index in [1.54, 1.807) is 6.08 Å². The predicted molar refractivity (Wildman–Crippen MR) is 110 cm³/mol. The Morgan fingerprint density at radius 1 is 1.37 bits per heavy atom. The number of hydrogen-bond acceptors (Lipinski definition) is 5. The van der Waals surface area contributed by atoms with Crippen LogP contribution in [0.2, 0.25) is 0 Å². The number of carbonyl (C=O) groups excluding carboxylic acids is 1. The van der Waals surface area contributed by atoms with Gasteiger partial charge in [-0.25, -0.2) is 4.98 Å². The van der Waals surface area contributed by atoms with Crippen molar-refractivity contribution in [3.63, 3.8) is 0 Å². The normalized spacial score (nSPS) is 10.7. The molecule has 1 aromatic heterocycles. The number of thioether (sulfide) groups is 1. The molecule has 0 radical (unpaired) electrons. The van der Waals surface area contributed by atoms with E-state index in [4.69, 9.17) is 0 Å². The van der Waals surface area contributed by atoms with Crippen LogP contribution in [-0.2, 0) is 11.3 Å². The number of para-hydroxylation sites is 2. The summed E-state index contributed by atoms with van der Waals surface area (Å²) >= 11 is 4.56. The summed E-state index contributed by atoms with van der Waals surface area (Å²) in [7, 11) is 0. The summed E-state index contributed by atoms with van der Waals surface area (Å²) < 4.78 is 2.45. The largest absolute Gasteiger partial charge is 0.324 e. The van der Waals surface area contributed by atoms with E-state index in [0.29, 0.717) is 16.7 Å². The van der Waals surface area contributed by atoms with Gasteiger partial charge in [0.1, 0.15) is 0 Å². The molecule has 7 nitrogen and oxygen atoms in total. The summed E-state index contributed by atoms with van der Waals surface area (Å²) in [6.45, 7) is 4.37. The smallest absolute Gasteiger partial charge is 0.270 e. The van der Waals surface area contributed by atoms with Crippen molar-refractivity contribution in [1.82, 2.24) is 9.55 Å². The monoisotopic (exact) mass is 446 g/mol. The molecule has 1 N–H and O–H groups in total. The van der Waals surface area contributed by atoms with Gasteiger partial charge >= 0.3 is 0 Å². The molecule has 3 rings (SSSR count). The highest BCUT2D eigenvalue weighted by atomic mass is 79.9. The first kappa shape index (κ1) is 19.1. The Kier molecular flexibility index (Phi) is 5.92. The van der Waals surface area contributed by atoms with E-state index >= 15 is 0 Å². The molecule has 27 heavy (non-hydrogen) atoms. The Labute approximate surface area is 167 Å². The van der Waals surface area contributed by atoms with Crippen molar-refractivity contribution in [2.75, 3.05) is 11.1 Å². The lowest BCUT2D eigenvalue weighted by molar-refractivity contribution is -0.384. The average molecular weight is 447 g/mol. The highest BCUT2D eigenvalue weighted by Gasteiger charge is 2.14. The number of aromatic nitrogens is 2. The van der Waals surface area contributed by atoms with Crippen LogP contribution in [0, 0.1) is 10.1 Å². The number of imidazole rings is 1. The van der Waals surface area contributed by atoms with Crippen LogP contribution in [0.5, 0.6) is 0 Å². The molecule has 3 aromatic rings. The van der Waals surface area contributed by atoms with Crippen molar-refractivity contribution in [2.24, 2.45) is 0 Å². The molecule has 0 fully saturated rings. The first-order chi connectivity index (χ1) is 13.0. The van der Waals surface area contributed by atoms with Crippen molar-refractivity contribution in [3.8, 4) is 0 Å². The number of nitro benzene ring substituents is 1. The number of anilines is 1. The van der Waals surface area contributed by atoms with Crippen molar-refractivity contribution in [3.05, 3.63) is 69.7 Å². The predicted octanol–water partition coefficient (Wildman–Crippen LogP) is 4.62. The second kappa shape index (κ2) is 8.36. The van der Waals surface area contributed by atoms with Gasteiger partial charge in [-0.1, -0.05) is 30.0 Å². The van der Waals surface area contributed by atoms with Gasteiger partial charge in [0.2, 0.25) is 5.91 Å². The summed E-state index contributed by atoms with van der Waals surface area (Å²) in [5.41, 5.74) is 2.27. The molecule has 1 heterocycles. The van der Waals surface area contributed by atoms with Crippen molar-refractivity contribution in [2.45, 2.75) is 11.7 Å². The summed E-state index contributed by atoms with van der Waals surface area (Å²) in [4.78, 5) is 27.2. The summed E-state index contributed by atoms with van der Waals surface area (Å²) in [5, 5.41) is 14.3. The van der Waals surface area contributed by atoms with Crippen LogP contribution in [-0.4, -0.2) is 26.1 Å². The average Bonchev–Trinajstić information content (AvgIpc) is 3.00. The molecule has 0 aliphatic heterocycles. The summed E-state index contributed by atoms with van der Waals surface area (Å²) in [5.74, 6) is -0.0732. The van der Waals surface area contributed by atoms with Crippen LogP contribution < -0.4 is 5.32 Å². The summed E-state index contributed by atoms with van der Waals surface area (Å²) in [6, 6.07) is 12.0. The number of nitrogens with zero attached hydrogens (tertiary/aromatic N) is 3. The number of allylic oxidation sites excluding steroid dienone is 1. The fourth-order valence-corrected chi connectivity index (χ4v) is 3.79. The minimum atomic E-state index is -0.490. The molecule has 9 heteroatoms. The first-order valence-electron chi connectivity index (χ1n) is 7.92. The number of amides is 1. The van der Waals surface area contributed by atoms with Crippen LogP contribution in [0.1, 0.15) is 0 Å². The third kappa shape index (κ3) is 4.37. The van der Waals surface area contributed by atoms with Crippen LogP contribution in [0.3, 0.4) is 0 Å². The molecule has 1 amide bonds. The van der Waals surface area contributed by atoms with E-state index < -0.39 is 4.92 Å². The van der Waals surface area contributed by atoms with Gasteiger partial charge in [0.15, 0.2) is 5.16 Å². The third-order valence-electron chi connectivity index (χ3n) is 3.70. The minimum Gasteiger partial charge on any atom is -0.324 e. The van der Waals surface area contributed by atoms with E-state index in [2.05, 4.69) is 32.8 Å². The Balaban J connectivity index is 1.71. The molecular weight excluding hydrogens is 432 g/mol. The Morgan fingerprint density at radius 2 is 2.15 bits per heavy atom. The number of nitrogens with one attached hydrogen (secondary N) is 1. The zero-order chi connectivity index (χ0) is 19.4. The van der Waals surface area contributed by atoms with Crippen molar-refractivity contribution in [1.29, 1.82) is 0 Å². The number of carbonyl (C=O) groups is 1. The van der Waals surface area contributed by atoms with Crippen LogP contribution in [0.15, 0.2) is 64.7 Å².